The molecule has 30 heavy (non-hydrogen) atoms. The lowest BCUT2D eigenvalue weighted by Crippen LogP contribution is -2.40. The molecule has 0 radical (unpaired) electrons. The van der Waals surface area contributed by atoms with Crippen molar-refractivity contribution in [3.8, 4) is 5.75 Å². The molecule has 0 saturated carbocycles. The fraction of sp³-hybridized carbons (Fsp3) is 0.333. The lowest BCUT2D eigenvalue weighted by Gasteiger charge is -2.28. The third kappa shape index (κ3) is 4.71. The highest BCUT2D eigenvalue weighted by Gasteiger charge is 2.22. The minimum Gasteiger partial charge on any atom is -0.494 e. The summed E-state index contributed by atoms with van der Waals surface area (Å²) in [7, 11) is 2.00. The van der Waals surface area contributed by atoms with Crippen molar-refractivity contribution < 1.29 is 14.3 Å². The molecular weight excluding hydrogens is 378 g/mol. The molecule has 1 aliphatic rings. The standard InChI is InChI=1S/C24H27N3O3/c1-26(12-7-15-30-19-8-3-2-4-9-19)23-18-21(20-10-5-6-11-22(20)25-23)24(28)27-13-16-29-17-14-27/h2-6,8-11,18H,7,12-17H2,1H3. The molecule has 3 aromatic rings. The van der Waals surface area contributed by atoms with Crippen molar-refractivity contribution >= 4 is 22.6 Å². The van der Waals surface area contributed by atoms with Crippen LogP contribution in [0, 0.1) is 0 Å². The molecule has 156 valence electrons. The van der Waals surface area contributed by atoms with Gasteiger partial charge < -0.3 is 19.3 Å². The second-order valence-electron chi connectivity index (χ2n) is 7.39. The quantitative estimate of drug-likeness (QED) is 0.562. The average Bonchev–Trinajstić information content (AvgIpc) is 2.81. The predicted octanol–water partition coefficient (Wildman–Crippen LogP) is 3.61. The largest absolute Gasteiger partial charge is 0.494 e. The third-order valence-corrected chi connectivity index (χ3v) is 5.27. The van der Waals surface area contributed by atoms with Crippen LogP contribution in [0.1, 0.15) is 16.8 Å². The van der Waals surface area contributed by atoms with Crippen molar-refractivity contribution in [3.05, 3.63) is 66.2 Å². The monoisotopic (exact) mass is 405 g/mol. The lowest BCUT2D eigenvalue weighted by atomic mass is 10.1. The second kappa shape index (κ2) is 9.59. The van der Waals surface area contributed by atoms with E-state index in [1.54, 1.807) is 0 Å². The normalized spacial score (nSPS) is 14.0. The summed E-state index contributed by atoms with van der Waals surface area (Å²) in [5, 5.41) is 0.888. The van der Waals surface area contributed by atoms with E-state index in [9.17, 15) is 4.79 Å². The van der Waals surface area contributed by atoms with E-state index in [2.05, 4.69) is 4.90 Å². The number of para-hydroxylation sites is 2. The molecular formula is C24H27N3O3. The maximum absolute atomic E-state index is 13.2. The number of ether oxygens (including phenoxy) is 2. The zero-order valence-corrected chi connectivity index (χ0v) is 17.3. The molecule has 0 atom stereocenters. The molecule has 1 amide bonds. The Morgan fingerprint density at radius 1 is 1.10 bits per heavy atom. The Morgan fingerprint density at radius 2 is 1.83 bits per heavy atom. The van der Waals surface area contributed by atoms with Crippen molar-refractivity contribution in [2.75, 3.05) is 51.4 Å². The van der Waals surface area contributed by atoms with E-state index in [4.69, 9.17) is 14.5 Å². The zero-order valence-electron chi connectivity index (χ0n) is 17.3. The van der Waals surface area contributed by atoms with Crippen LogP contribution in [0.2, 0.25) is 0 Å². The first-order valence-corrected chi connectivity index (χ1v) is 10.4. The van der Waals surface area contributed by atoms with Crippen molar-refractivity contribution in [1.29, 1.82) is 0 Å². The summed E-state index contributed by atoms with van der Waals surface area (Å²) in [6, 6.07) is 19.6. The minimum atomic E-state index is 0.0407. The molecule has 2 heterocycles. The van der Waals surface area contributed by atoms with Crippen molar-refractivity contribution in [2.24, 2.45) is 0 Å². The van der Waals surface area contributed by atoms with Crippen LogP contribution < -0.4 is 9.64 Å². The Bertz CT molecular complexity index is 987. The molecule has 2 aromatic carbocycles. The van der Waals surface area contributed by atoms with Gasteiger partial charge in [0, 0.05) is 32.1 Å². The molecule has 1 fully saturated rings. The van der Waals surface area contributed by atoms with E-state index < -0.39 is 0 Å². The first kappa shape index (κ1) is 20.2. The molecule has 6 nitrogen and oxygen atoms in total. The molecule has 0 unspecified atom stereocenters. The molecule has 1 aliphatic heterocycles. The number of nitrogens with zero attached hydrogens (tertiary/aromatic N) is 3. The van der Waals surface area contributed by atoms with Crippen molar-refractivity contribution in [2.45, 2.75) is 6.42 Å². The predicted molar refractivity (Wildman–Crippen MR) is 118 cm³/mol. The summed E-state index contributed by atoms with van der Waals surface area (Å²) in [6.07, 6.45) is 0.854. The first-order chi connectivity index (χ1) is 14.7. The number of morpholine rings is 1. The van der Waals surface area contributed by atoms with Gasteiger partial charge in [-0.15, -0.1) is 0 Å². The number of benzene rings is 2. The van der Waals surface area contributed by atoms with E-state index in [0.29, 0.717) is 38.5 Å². The van der Waals surface area contributed by atoms with E-state index in [0.717, 1.165) is 35.4 Å². The highest BCUT2D eigenvalue weighted by Crippen LogP contribution is 2.24. The van der Waals surface area contributed by atoms with Gasteiger partial charge in [-0.3, -0.25) is 4.79 Å². The Kier molecular flexibility index (Phi) is 6.44. The molecule has 0 bridgehead atoms. The Balaban J connectivity index is 1.48. The van der Waals surface area contributed by atoms with Gasteiger partial charge in [0.2, 0.25) is 0 Å². The fourth-order valence-electron chi connectivity index (χ4n) is 3.59. The number of pyridine rings is 1. The number of carbonyl (C=O) groups excluding carboxylic acids is 1. The maximum atomic E-state index is 13.2. The third-order valence-electron chi connectivity index (χ3n) is 5.27. The summed E-state index contributed by atoms with van der Waals surface area (Å²) < 4.78 is 11.2. The van der Waals surface area contributed by atoms with Gasteiger partial charge in [0.1, 0.15) is 11.6 Å². The van der Waals surface area contributed by atoms with Crippen LogP contribution in [0.4, 0.5) is 5.82 Å². The van der Waals surface area contributed by atoms with E-state index >= 15 is 0 Å². The Labute approximate surface area is 177 Å². The number of fused-ring (bicyclic) bond motifs is 1. The number of anilines is 1. The molecule has 6 heteroatoms. The van der Waals surface area contributed by atoms with E-state index in [-0.39, 0.29) is 5.91 Å². The fourth-order valence-corrected chi connectivity index (χ4v) is 3.59. The highest BCUT2D eigenvalue weighted by molar-refractivity contribution is 6.07. The number of carbonyl (C=O) groups is 1. The molecule has 0 aliphatic carbocycles. The Hall–Kier alpha value is -3.12. The van der Waals surface area contributed by atoms with E-state index in [1.165, 1.54) is 0 Å². The van der Waals surface area contributed by atoms with Crippen LogP contribution in [0.25, 0.3) is 10.9 Å². The summed E-state index contributed by atoms with van der Waals surface area (Å²) >= 11 is 0. The smallest absolute Gasteiger partial charge is 0.254 e. The van der Waals surface area contributed by atoms with Gasteiger partial charge in [-0.1, -0.05) is 36.4 Å². The van der Waals surface area contributed by atoms with Gasteiger partial charge in [0.25, 0.3) is 5.91 Å². The van der Waals surface area contributed by atoms with Gasteiger partial charge >= 0.3 is 0 Å². The molecule has 0 N–H and O–H groups in total. The van der Waals surface area contributed by atoms with Crippen molar-refractivity contribution in [1.82, 2.24) is 9.88 Å². The number of hydrogen-bond acceptors (Lipinski definition) is 5. The molecule has 4 rings (SSSR count). The van der Waals surface area contributed by atoms with Gasteiger partial charge in [0.15, 0.2) is 0 Å². The van der Waals surface area contributed by atoms with Crippen LogP contribution in [0.5, 0.6) is 5.75 Å². The van der Waals surface area contributed by atoms with Gasteiger partial charge in [-0.2, -0.15) is 0 Å². The van der Waals surface area contributed by atoms with Crippen LogP contribution in [0.3, 0.4) is 0 Å². The SMILES string of the molecule is CN(CCCOc1ccccc1)c1cc(C(=O)N2CCOCC2)c2ccccc2n1. The van der Waals surface area contributed by atoms with Gasteiger partial charge in [0.05, 0.1) is 30.9 Å². The zero-order chi connectivity index (χ0) is 20.8. The molecule has 1 aromatic heterocycles. The van der Waals surface area contributed by atoms with Crippen LogP contribution in [0.15, 0.2) is 60.7 Å². The number of hydrogen-bond donors (Lipinski definition) is 0. The highest BCUT2D eigenvalue weighted by atomic mass is 16.5. The molecule has 1 saturated heterocycles. The van der Waals surface area contributed by atoms with Crippen molar-refractivity contribution in [3.63, 3.8) is 0 Å². The number of rotatable bonds is 7. The van der Waals surface area contributed by atoms with Gasteiger partial charge in [-0.05, 0) is 30.7 Å². The molecule has 0 spiro atoms. The first-order valence-electron chi connectivity index (χ1n) is 10.4. The summed E-state index contributed by atoms with van der Waals surface area (Å²) in [5.74, 6) is 1.71. The van der Waals surface area contributed by atoms with E-state index in [1.807, 2.05) is 72.6 Å². The second-order valence-corrected chi connectivity index (χ2v) is 7.39. The number of aromatic nitrogens is 1. The van der Waals surface area contributed by atoms with Crippen LogP contribution in [-0.2, 0) is 4.74 Å². The lowest BCUT2D eigenvalue weighted by molar-refractivity contribution is 0.0304. The summed E-state index contributed by atoms with van der Waals surface area (Å²) in [6.45, 7) is 3.83. The topological polar surface area (TPSA) is 54.9 Å². The maximum Gasteiger partial charge on any atom is 0.254 e. The Morgan fingerprint density at radius 3 is 2.63 bits per heavy atom. The minimum absolute atomic E-state index is 0.0407. The van der Waals surface area contributed by atoms with Gasteiger partial charge in [-0.25, -0.2) is 4.98 Å². The number of amides is 1. The van der Waals surface area contributed by atoms with Crippen LogP contribution >= 0.6 is 0 Å². The summed E-state index contributed by atoms with van der Waals surface area (Å²) in [5.41, 5.74) is 1.53. The summed E-state index contributed by atoms with van der Waals surface area (Å²) in [4.78, 5) is 21.9. The average molecular weight is 405 g/mol. The van der Waals surface area contributed by atoms with Crippen LogP contribution in [-0.4, -0.2) is 62.3 Å².